The van der Waals surface area contributed by atoms with E-state index in [1.807, 2.05) is 0 Å². The smallest absolute Gasteiger partial charge is 0.326 e. The van der Waals surface area contributed by atoms with Crippen molar-refractivity contribution in [3.8, 4) is 5.75 Å². The van der Waals surface area contributed by atoms with E-state index in [9.17, 15) is 19.8 Å². The zero-order valence-electron chi connectivity index (χ0n) is 12.7. The number of carboxylic acids is 1. The number of aliphatic carboxylic acids is 1. The molecule has 0 aliphatic rings. The molecule has 2 aromatic heterocycles. The molecule has 0 saturated carbocycles. The third-order valence-corrected chi connectivity index (χ3v) is 3.91. The van der Waals surface area contributed by atoms with Crippen LogP contribution in [0.2, 0.25) is 5.15 Å². The topological polar surface area (TPSA) is 128 Å². The summed E-state index contributed by atoms with van der Waals surface area (Å²) < 4.78 is 0. The van der Waals surface area contributed by atoms with E-state index in [-0.39, 0.29) is 23.0 Å². The maximum absolute atomic E-state index is 12.4. The van der Waals surface area contributed by atoms with Gasteiger partial charge in [-0.1, -0.05) is 35.9 Å². The van der Waals surface area contributed by atoms with E-state index in [1.54, 1.807) is 24.3 Å². The lowest BCUT2D eigenvalue weighted by molar-refractivity contribution is -0.139. The Bertz CT molecular complexity index is 943. The summed E-state index contributed by atoms with van der Waals surface area (Å²) in [6, 6.07) is 5.41. The van der Waals surface area contributed by atoms with Crippen molar-refractivity contribution in [3.63, 3.8) is 0 Å². The van der Waals surface area contributed by atoms with Crippen molar-refractivity contribution in [2.75, 3.05) is 0 Å². The molecule has 1 amide bonds. The largest absolute Gasteiger partial charge is 0.505 e. The number of rotatable bonds is 5. The van der Waals surface area contributed by atoms with E-state index in [1.165, 1.54) is 12.5 Å². The van der Waals surface area contributed by atoms with Crippen molar-refractivity contribution in [2.24, 2.45) is 0 Å². The number of imidazole rings is 1. The molecule has 1 aromatic carbocycles. The van der Waals surface area contributed by atoms with E-state index < -0.39 is 17.9 Å². The highest BCUT2D eigenvalue weighted by atomic mass is 35.5. The predicted molar refractivity (Wildman–Crippen MR) is 89.6 cm³/mol. The Balaban J connectivity index is 1.90. The van der Waals surface area contributed by atoms with Gasteiger partial charge < -0.3 is 20.5 Å². The number of aromatic amines is 1. The summed E-state index contributed by atoms with van der Waals surface area (Å²) in [5.74, 6) is -2.43. The first kappa shape index (κ1) is 16.7. The van der Waals surface area contributed by atoms with Crippen LogP contribution < -0.4 is 5.32 Å². The Hall–Kier alpha value is -3.13. The highest BCUT2D eigenvalue weighted by Gasteiger charge is 2.25. The number of carboxylic acid groups (broad SMARTS) is 1. The molecule has 8 nitrogen and oxygen atoms in total. The van der Waals surface area contributed by atoms with Gasteiger partial charge in [0.2, 0.25) is 0 Å². The van der Waals surface area contributed by atoms with Gasteiger partial charge in [-0.15, -0.1) is 0 Å². The fourth-order valence-corrected chi connectivity index (χ4v) is 2.65. The van der Waals surface area contributed by atoms with E-state index in [4.69, 9.17) is 11.6 Å². The summed E-state index contributed by atoms with van der Waals surface area (Å²) in [4.78, 5) is 34.4. The molecule has 9 heteroatoms. The minimum atomic E-state index is -1.23. The Labute approximate surface area is 146 Å². The maximum atomic E-state index is 12.4. The number of benzene rings is 1. The van der Waals surface area contributed by atoms with Crippen molar-refractivity contribution in [1.82, 2.24) is 20.3 Å². The Morgan fingerprint density at radius 3 is 2.64 bits per heavy atom. The summed E-state index contributed by atoms with van der Waals surface area (Å²) in [5, 5.41) is 22.8. The van der Waals surface area contributed by atoms with Crippen LogP contribution in [0.5, 0.6) is 5.75 Å². The molecule has 128 valence electrons. The van der Waals surface area contributed by atoms with Crippen LogP contribution in [0, 0.1) is 0 Å². The van der Waals surface area contributed by atoms with Crippen LogP contribution >= 0.6 is 11.6 Å². The highest BCUT2D eigenvalue weighted by Crippen LogP contribution is 2.31. The summed E-state index contributed by atoms with van der Waals surface area (Å²) in [6.45, 7) is 0. The summed E-state index contributed by atoms with van der Waals surface area (Å²) in [7, 11) is 0. The van der Waals surface area contributed by atoms with Gasteiger partial charge in [0, 0.05) is 23.4 Å². The number of aromatic hydroxyl groups is 1. The van der Waals surface area contributed by atoms with Crippen LogP contribution in [0.15, 0.2) is 36.8 Å². The molecule has 3 aromatic rings. The molecule has 3 rings (SSSR count). The van der Waals surface area contributed by atoms with Gasteiger partial charge in [0.1, 0.15) is 11.2 Å². The SMILES string of the molecule is O=C(N[C@H](Cc1c[nH]cn1)C(=O)O)c1nc(Cl)c2ccccc2c1O. The minimum Gasteiger partial charge on any atom is -0.505 e. The summed E-state index contributed by atoms with van der Waals surface area (Å²) in [6.07, 6.45) is 2.92. The molecule has 0 spiro atoms. The third kappa shape index (κ3) is 3.38. The summed E-state index contributed by atoms with van der Waals surface area (Å²) in [5.41, 5.74) is 0.137. The van der Waals surface area contributed by atoms with E-state index in [0.717, 1.165) is 0 Å². The zero-order chi connectivity index (χ0) is 18.0. The Morgan fingerprint density at radius 1 is 1.28 bits per heavy atom. The fourth-order valence-electron chi connectivity index (χ4n) is 2.41. The molecule has 25 heavy (non-hydrogen) atoms. The fraction of sp³-hybridized carbons (Fsp3) is 0.125. The van der Waals surface area contributed by atoms with E-state index >= 15 is 0 Å². The minimum absolute atomic E-state index is 0.0212. The third-order valence-electron chi connectivity index (χ3n) is 3.63. The van der Waals surface area contributed by atoms with Crippen molar-refractivity contribution in [3.05, 3.63) is 53.3 Å². The van der Waals surface area contributed by atoms with Gasteiger partial charge in [0.25, 0.3) is 5.91 Å². The van der Waals surface area contributed by atoms with Gasteiger partial charge in [0.05, 0.1) is 12.0 Å². The molecule has 0 fully saturated rings. The number of halogens is 1. The van der Waals surface area contributed by atoms with Crippen LogP contribution in [-0.4, -0.2) is 43.1 Å². The molecule has 0 radical (unpaired) electrons. The number of aromatic nitrogens is 3. The number of nitrogens with one attached hydrogen (secondary N) is 2. The van der Waals surface area contributed by atoms with Gasteiger partial charge in [-0.2, -0.15) is 0 Å². The normalized spacial score (nSPS) is 12.0. The first-order valence-electron chi connectivity index (χ1n) is 7.26. The number of hydrogen-bond acceptors (Lipinski definition) is 5. The van der Waals surface area contributed by atoms with Crippen LogP contribution in [0.4, 0.5) is 0 Å². The summed E-state index contributed by atoms with van der Waals surface area (Å²) >= 11 is 6.06. The molecule has 0 saturated heterocycles. The Morgan fingerprint density at radius 2 is 2.00 bits per heavy atom. The lowest BCUT2D eigenvalue weighted by Crippen LogP contribution is -2.42. The second kappa shape index (κ2) is 6.78. The molecule has 0 unspecified atom stereocenters. The van der Waals surface area contributed by atoms with Crippen molar-refractivity contribution >= 4 is 34.2 Å². The number of carbonyl (C=O) groups excluding carboxylic acids is 1. The van der Waals surface area contributed by atoms with Gasteiger partial charge in [-0.3, -0.25) is 4.79 Å². The van der Waals surface area contributed by atoms with Gasteiger partial charge >= 0.3 is 5.97 Å². The second-order valence-corrected chi connectivity index (χ2v) is 5.63. The molecule has 0 bridgehead atoms. The molecular weight excluding hydrogens is 348 g/mol. The number of pyridine rings is 1. The second-order valence-electron chi connectivity index (χ2n) is 5.27. The lowest BCUT2D eigenvalue weighted by atomic mass is 10.1. The van der Waals surface area contributed by atoms with Crippen molar-refractivity contribution in [1.29, 1.82) is 0 Å². The standard InChI is InChI=1S/C16H13ClN4O4/c17-14-10-4-2-1-3-9(10)13(22)12(21-14)15(23)20-11(16(24)25)5-8-6-18-7-19-8/h1-4,6-7,11,22H,5H2,(H,18,19)(H,20,23)(H,24,25)/t11-/m1/s1. The number of hydrogen-bond donors (Lipinski definition) is 4. The molecule has 0 aliphatic carbocycles. The lowest BCUT2D eigenvalue weighted by Gasteiger charge is -2.14. The molecule has 0 aliphatic heterocycles. The first-order valence-corrected chi connectivity index (χ1v) is 7.63. The molecule has 4 N–H and O–H groups in total. The van der Waals surface area contributed by atoms with Crippen molar-refractivity contribution in [2.45, 2.75) is 12.5 Å². The van der Waals surface area contributed by atoms with Crippen LogP contribution in [0.1, 0.15) is 16.2 Å². The van der Waals surface area contributed by atoms with E-state index in [0.29, 0.717) is 16.5 Å². The number of H-pyrrole nitrogens is 1. The monoisotopic (exact) mass is 360 g/mol. The highest BCUT2D eigenvalue weighted by molar-refractivity contribution is 6.34. The number of nitrogens with zero attached hydrogens (tertiary/aromatic N) is 2. The van der Waals surface area contributed by atoms with Gasteiger partial charge in [0.15, 0.2) is 11.4 Å². The number of carbonyl (C=O) groups is 2. The van der Waals surface area contributed by atoms with Crippen LogP contribution in [0.25, 0.3) is 10.8 Å². The Kier molecular flexibility index (Phi) is 4.53. The molecule has 1 atom stereocenters. The van der Waals surface area contributed by atoms with Gasteiger partial charge in [-0.25, -0.2) is 14.8 Å². The van der Waals surface area contributed by atoms with E-state index in [2.05, 4.69) is 20.3 Å². The number of fused-ring (bicyclic) bond motifs is 1. The first-order chi connectivity index (χ1) is 12.0. The van der Waals surface area contributed by atoms with Crippen molar-refractivity contribution < 1.29 is 19.8 Å². The predicted octanol–water partition coefficient (Wildman–Crippen LogP) is 1.74. The molecule has 2 heterocycles. The molecular formula is C16H13ClN4O4. The van der Waals surface area contributed by atoms with Crippen LogP contribution in [0.3, 0.4) is 0 Å². The quantitative estimate of drug-likeness (QED) is 0.513. The van der Waals surface area contributed by atoms with Crippen LogP contribution in [-0.2, 0) is 11.2 Å². The average Bonchev–Trinajstić information content (AvgIpc) is 3.10. The maximum Gasteiger partial charge on any atom is 0.326 e. The van der Waals surface area contributed by atoms with Gasteiger partial charge in [-0.05, 0) is 0 Å². The number of amides is 1. The average molecular weight is 361 g/mol. The zero-order valence-corrected chi connectivity index (χ0v) is 13.5.